The highest BCUT2D eigenvalue weighted by Crippen LogP contribution is 1.97. The van der Waals surface area contributed by atoms with E-state index >= 15 is 0 Å². The van der Waals surface area contributed by atoms with Crippen molar-refractivity contribution >= 4 is 23.0 Å². The molecule has 17 heavy (non-hydrogen) atoms. The summed E-state index contributed by atoms with van der Waals surface area (Å²) in [5, 5.41) is 7.84. The van der Waals surface area contributed by atoms with Gasteiger partial charge in [-0.1, -0.05) is 19.4 Å². The second-order valence-corrected chi connectivity index (χ2v) is 4.07. The van der Waals surface area contributed by atoms with E-state index in [9.17, 15) is 0 Å². The SMILES string of the molecule is CCCCNC(=S)N/N=C(/C)c1cccnc1. The van der Waals surface area contributed by atoms with E-state index in [-0.39, 0.29) is 0 Å². The fraction of sp³-hybridized carbons (Fsp3) is 0.417. The van der Waals surface area contributed by atoms with E-state index < -0.39 is 0 Å². The Bertz CT molecular complexity index is 375. The number of thiocarbonyl (C=S) groups is 1. The lowest BCUT2D eigenvalue weighted by Crippen LogP contribution is -2.33. The van der Waals surface area contributed by atoms with E-state index in [1.54, 1.807) is 12.4 Å². The highest BCUT2D eigenvalue weighted by Gasteiger charge is 1.97. The first kappa shape index (κ1) is 13.6. The Hall–Kier alpha value is -1.49. The molecule has 0 aliphatic rings. The molecule has 0 radical (unpaired) electrons. The first-order chi connectivity index (χ1) is 8.24. The van der Waals surface area contributed by atoms with E-state index in [0.29, 0.717) is 5.11 Å². The molecule has 0 atom stereocenters. The van der Waals surface area contributed by atoms with Crippen molar-refractivity contribution in [3.8, 4) is 0 Å². The van der Waals surface area contributed by atoms with Crippen LogP contribution in [0.5, 0.6) is 0 Å². The number of nitrogens with zero attached hydrogens (tertiary/aromatic N) is 2. The van der Waals surface area contributed by atoms with Crippen LogP contribution in [0.25, 0.3) is 0 Å². The van der Waals surface area contributed by atoms with Crippen LogP contribution in [-0.2, 0) is 0 Å². The molecule has 0 saturated heterocycles. The molecule has 0 unspecified atom stereocenters. The highest BCUT2D eigenvalue weighted by molar-refractivity contribution is 7.80. The van der Waals surface area contributed by atoms with Crippen LogP contribution in [0.2, 0.25) is 0 Å². The van der Waals surface area contributed by atoms with Crippen molar-refractivity contribution in [2.75, 3.05) is 6.54 Å². The van der Waals surface area contributed by atoms with Gasteiger partial charge in [-0.25, -0.2) is 0 Å². The standard InChI is InChI=1S/C12H18N4S/c1-3-4-8-14-12(17)16-15-10(2)11-6-5-7-13-9-11/h5-7,9H,3-4,8H2,1-2H3,(H2,14,16,17)/b15-10-. The van der Waals surface area contributed by atoms with Crippen LogP contribution < -0.4 is 10.7 Å². The summed E-state index contributed by atoms with van der Waals surface area (Å²) in [5.41, 5.74) is 4.66. The van der Waals surface area contributed by atoms with Crippen molar-refractivity contribution in [3.05, 3.63) is 30.1 Å². The van der Waals surface area contributed by atoms with Gasteiger partial charge in [-0.05, 0) is 31.6 Å². The van der Waals surface area contributed by atoms with Gasteiger partial charge in [-0.3, -0.25) is 10.4 Å². The number of nitrogens with one attached hydrogen (secondary N) is 2. The van der Waals surface area contributed by atoms with Gasteiger partial charge in [-0.2, -0.15) is 5.10 Å². The van der Waals surface area contributed by atoms with Crippen LogP contribution in [0.3, 0.4) is 0 Å². The molecule has 1 aromatic rings. The molecule has 1 heterocycles. The maximum Gasteiger partial charge on any atom is 0.186 e. The molecule has 4 nitrogen and oxygen atoms in total. The Morgan fingerprint density at radius 2 is 2.35 bits per heavy atom. The summed E-state index contributed by atoms with van der Waals surface area (Å²) in [6.07, 6.45) is 5.76. The third-order valence-corrected chi connectivity index (χ3v) is 2.46. The van der Waals surface area contributed by atoms with Crippen LogP contribution in [0.15, 0.2) is 29.6 Å². The minimum atomic E-state index is 0.557. The molecule has 0 aliphatic heterocycles. The summed E-state index contributed by atoms with van der Waals surface area (Å²) < 4.78 is 0. The second kappa shape index (κ2) is 7.73. The Morgan fingerprint density at radius 1 is 1.53 bits per heavy atom. The lowest BCUT2D eigenvalue weighted by atomic mass is 10.2. The monoisotopic (exact) mass is 250 g/mol. The molecular weight excluding hydrogens is 232 g/mol. The number of hydrogen-bond donors (Lipinski definition) is 2. The Morgan fingerprint density at radius 3 is 3.00 bits per heavy atom. The van der Waals surface area contributed by atoms with Gasteiger partial charge in [0.25, 0.3) is 0 Å². The normalized spacial score (nSPS) is 11.1. The molecule has 1 aromatic heterocycles. The third kappa shape index (κ3) is 5.40. The van der Waals surface area contributed by atoms with E-state index in [1.165, 1.54) is 0 Å². The molecule has 0 spiro atoms. The lowest BCUT2D eigenvalue weighted by molar-refractivity contribution is 0.745. The Balaban J connectivity index is 2.40. The van der Waals surface area contributed by atoms with Gasteiger partial charge in [-0.15, -0.1) is 0 Å². The van der Waals surface area contributed by atoms with E-state index in [4.69, 9.17) is 12.2 Å². The highest BCUT2D eigenvalue weighted by atomic mass is 32.1. The number of rotatable bonds is 5. The van der Waals surface area contributed by atoms with Crippen LogP contribution in [0, 0.1) is 0 Å². The molecule has 0 fully saturated rings. The van der Waals surface area contributed by atoms with Crippen LogP contribution in [0.4, 0.5) is 0 Å². The summed E-state index contributed by atoms with van der Waals surface area (Å²) in [7, 11) is 0. The minimum absolute atomic E-state index is 0.557. The van der Waals surface area contributed by atoms with Gasteiger partial charge in [0.1, 0.15) is 0 Å². The van der Waals surface area contributed by atoms with Gasteiger partial charge in [0, 0.05) is 24.5 Å². The van der Waals surface area contributed by atoms with Crippen molar-refractivity contribution in [2.45, 2.75) is 26.7 Å². The van der Waals surface area contributed by atoms with Crippen molar-refractivity contribution < 1.29 is 0 Å². The van der Waals surface area contributed by atoms with Gasteiger partial charge in [0.2, 0.25) is 0 Å². The fourth-order valence-corrected chi connectivity index (χ4v) is 1.34. The predicted molar refractivity (Wildman–Crippen MR) is 75.1 cm³/mol. The van der Waals surface area contributed by atoms with Gasteiger partial charge in [0.15, 0.2) is 5.11 Å². The molecule has 1 rings (SSSR count). The Labute approximate surface area is 108 Å². The topological polar surface area (TPSA) is 49.3 Å². The zero-order valence-electron chi connectivity index (χ0n) is 10.2. The molecule has 0 amide bonds. The average Bonchev–Trinajstić information content (AvgIpc) is 2.37. The van der Waals surface area contributed by atoms with Gasteiger partial charge >= 0.3 is 0 Å². The molecule has 92 valence electrons. The largest absolute Gasteiger partial charge is 0.361 e. The van der Waals surface area contributed by atoms with E-state index in [0.717, 1.165) is 30.7 Å². The number of aromatic nitrogens is 1. The molecule has 2 N–H and O–H groups in total. The smallest absolute Gasteiger partial charge is 0.186 e. The second-order valence-electron chi connectivity index (χ2n) is 3.66. The maximum absolute atomic E-state index is 5.09. The van der Waals surface area contributed by atoms with E-state index in [1.807, 2.05) is 19.1 Å². The third-order valence-electron chi connectivity index (χ3n) is 2.22. The number of hydrazone groups is 1. The zero-order chi connectivity index (χ0) is 12.5. The molecule has 0 aromatic carbocycles. The Kier molecular flexibility index (Phi) is 6.17. The molecule has 5 heteroatoms. The number of unbranched alkanes of at least 4 members (excludes halogenated alkanes) is 1. The summed E-state index contributed by atoms with van der Waals surface area (Å²) in [6.45, 7) is 4.94. The molecule has 0 aliphatic carbocycles. The maximum atomic E-state index is 5.09. The number of pyridine rings is 1. The molecule has 0 saturated carbocycles. The minimum Gasteiger partial charge on any atom is -0.361 e. The van der Waals surface area contributed by atoms with Crippen LogP contribution >= 0.6 is 12.2 Å². The predicted octanol–water partition coefficient (Wildman–Crippen LogP) is 2.07. The summed E-state index contributed by atoms with van der Waals surface area (Å²) >= 11 is 5.09. The quantitative estimate of drug-likeness (QED) is 0.363. The summed E-state index contributed by atoms with van der Waals surface area (Å²) in [4.78, 5) is 4.04. The van der Waals surface area contributed by atoms with Crippen molar-refractivity contribution in [1.29, 1.82) is 0 Å². The van der Waals surface area contributed by atoms with Crippen LogP contribution in [0.1, 0.15) is 32.3 Å². The zero-order valence-corrected chi connectivity index (χ0v) is 11.0. The van der Waals surface area contributed by atoms with Gasteiger partial charge in [0.05, 0.1) is 5.71 Å². The van der Waals surface area contributed by atoms with Crippen molar-refractivity contribution in [3.63, 3.8) is 0 Å². The fourth-order valence-electron chi connectivity index (χ4n) is 1.19. The lowest BCUT2D eigenvalue weighted by Gasteiger charge is -2.07. The summed E-state index contributed by atoms with van der Waals surface area (Å²) in [6, 6.07) is 3.84. The van der Waals surface area contributed by atoms with Crippen molar-refractivity contribution in [1.82, 2.24) is 15.7 Å². The molecule has 0 bridgehead atoms. The number of hydrogen-bond acceptors (Lipinski definition) is 3. The van der Waals surface area contributed by atoms with E-state index in [2.05, 4.69) is 27.8 Å². The van der Waals surface area contributed by atoms with Gasteiger partial charge < -0.3 is 5.32 Å². The molecular formula is C12H18N4S. The van der Waals surface area contributed by atoms with Crippen molar-refractivity contribution in [2.24, 2.45) is 5.10 Å². The first-order valence-corrected chi connectivity index (χ1v) is 6.13. The van der Waals surface area contributed by atoms with Crippen LogP contribution in [-0.4, -0.2) is 22.4 Å². The first-order valence-electron chi connectivity index (χ1n) is 5.72. The summed E-state index contributed by atoms with van der Waals surface area (Å²) in [5.74, 6) is 0. The average molecular weight is 250 g/mol.